The predicted octanol–water partition coefficient (Wildman–Crippen LogP) is 3.37. The number of methoxy groups -OCH3 is 1. The van der Waals surface area contributed by atoms with Crippen LogP contribution in [0.2, 0.25) is 0 Å². The molecule has 0 radical (unpaired) electrons. The lowest BCUT2D eigenvalue weighted by molar-refractivity contribution is -0.115. The Morgan fingerprint density at radius 2 is 1.85 bits per heavy atom. The number of thioether (sulfide) groups is 1. The third kappa shape index (κ3) is 4.86. The molecule has 1 heterocycles. The average molecular weight is 393 g/mol. The van der Waals surface area contributed by atoms with Crippen LogP contribution in [0.1, 0.15) is 37.6 Å². The molecular formula is C18H20N2O4S2. The van der Waals surface area contributed by atoms with Gasteiger partial charge in [-0.05, 0) is 31.5 Å². The van der Waals surface area contributed by atoms with E-state index in [0.717, 1.165) is 16.2 Å². The third-order valence-corrected chi connectivity index (χ3v) is 5.84. The second-order valence-corrected chi connectivity index (χ2v) is 7.76. The highest BCUT2D eigenvalue weighted by molar-refractivity contribution is 7.99. The van der Waals surface area contributed by atoms with Crippen LogP contribution in [-0.4, -0.2) is 30.6 Å². The number of benzene rings is 1. The van der Waals surface area contributed by atoms with Crippen molar-refractivity contribution in [1.29, 1.82) is 0 Å². The van der Waals surface area contributed by atoms with E-state index < -0.39 is 11.9 Å². The van der Waals surface area contributed by atoms with Crippen molar-refractivity contribution < 1.29 is 19.1 Å². The predicted molar refractivity (Wildman–Crippen MR) is 104 cm³/mol. The lowest BCUT2D eigenvalue weighted by Crippen LogP contribution is -2.17. The van der Waals surface area contributed by atoms with Gasteiger partial charge in [-0.2, -0.15) is 0 Å². The first kappa shape index (κ1) is 20.0. The van der Waals surface area contributed by atoms with E-state index in [1.807, 2.05) is 31.2 Å². The number of hydrogen-bond donors (Lipinski definition) is 2. The number of aryl methyl sites for hydroxylation is 1. The average Bonchev–Trinajstić information content (AvgIpc) is 2.92. The molecule has 0 aliphatic carbocycles. The summed E-state index contributed by atoms with van der Waals surface area (Å²) in [5, 5.41) is 2.96. The Morgan fingerprint density at radius 1 is 1.19 bits per heavy atom. The molecule has 0 saturated carbocycles. The van der Waals surface area contributed by atoms with Gasteiger partial charge in [0.2, 0.25) is 5.91 Å². The fraction of sp³-hybridized carbons (Fsp3) is 0.278. The molecule has 6 nitrogen and oxygen atoms in total. The summed E-state index contributed by atoms with van der Waals surface area (Å²) >= 11 is 2.57. The summed E-state index contributed by atoms with van der Waals surface area (Å²) in [6.45, 7) is 3.62. The number of carbonyl (C=O) groups excluding carboxylic acids is 3. The van der Waals surface area contributed by atoms with Gasteiger partial charge in [-0.15, -0.1) is 23.1 Å². The molecule has 0 fully saturated rings. The fourth-order valence-electron chi connectivity index (χ4n) is 2.27. The molecule has 0 unspecified atom stereocenters. The molecule has 0 bridgehead atoms. The molecule has 26 heavy (non-hydrogen) atoms. The van der Waals surface area contributed by atoms with Crippen molar-refractivity contribution in [2.24, 2.45) is 5.73 Å². The van der Waals surface area contributed by atoms with E-state index in [2.05, 4.69) is 5.32 Å². The molecule has 0 spiro atoms. The van der Waals surface area contributed by atoms with Crippen LogP contribution in [0, 0.1) is 13.8 Å². The molecule has 0 atom stereocenters. The van der Waals surface area contributed by atoms with Crippen LogP contribution < -0.4 is 11.1 Å². The van der Waals surface area contributed by atoms with Crippen molar-refractivity contribution in [2.45, 2.75) is 25.2 Å². The van der Waals surface area contributed by atoms with Crippen molar-refractivity contribution in [3.05, 3.63) is 45.8 Å². The van der Waals surface area contributed by atoms with Crippen LogP contribution in [0.5, 0.6) is 0 Å². The summed E-state index contributed by atoms with van der Waals surface area (Å²) < 4.78 is 4.70. The number of nitrogens with one attached hydrogen (secondary N) is 1. The number of anilines is 1. The van der Waals surface area contributed by atoms with E-state index in [0.29, 0.717) is 11.3 Å². The summed E-state index contributed by atoms with van der Waals surface area (Å²) in [6.07, 6.45) is 0.265. The zero-order valence-electron chi connectivity index (χ0n) is 14.8. The first-order valence-electron chi connectivity index (χ1n) is 7.84. The van der Waals surface area contributed by atoms with Crippen molar-refractivity contribution in [3.63, 3.8) is 0 Å². The van der Waals surface area contributed by atoms with Crippen molar-refractivity contribution in [3.8, 4) is 0 Å². The van der Waals surface area contributed by atoms with Crippen LogP contribution >= 0.6 is 23.1 Å². The maximum atomic E-state index is 12.2. The van der Waals surface area contributed by atoms with Gasteiger partial charge in [0.1, 0.15) is 9.88 Å². The van der Waals surface area contributed by atoms with Crippen molar-refractivity contribution in [2.75, 3.05) is 18.2 Å². The van der Waals surface area contributed by atoms with Crippen LogP contribution in [0.4, 0.5) is 5.00 Å². The van der Waals surface area contributed by atoms with E-state index in [9.17, 15) is 14.4 Å². The minimum Gasteiger partial charge on any atom is -0.465 e. The second-order valence-electron chi connectivity index (χ2n) is 5.58. The van der Waals surface area contributed by atoms with Gasteiger partial charge in [-0.1, -0.05) is 17.7 Å². The van der Waals surface area contributed by atoms with E-state index in [4.69, 9.17) is 10.5 Å². The minimum absolute atomic E-state index is 0.148. The molecular weight excluding hydrogens is 372 g/mol. The van der Waals surface area contributed by atoms with Gasteiger partial charge in [-0.25, -0.2) is 4.79 Å². The Morgan fingerprint density at radius 3 is 2.42 bits per heavy atom. The lowest BCUT2D eigenvalue weighted by atomic mass is 10.1. The molecule has 0 saturated heterocycles. The van der Waals surface area contributed by atoms with Gasteiger partial charge in [0.05, 0.1) is 12.7 Å². The van der Waals surface area contributed by atoms with Gasteiger partial charge < -0.3 is 15.8 Å². The highest BCUT2D eigenvalue weighted by atomic mass is 32.2. The topological polar surface area (TPSA) is 98.5 Å². The van der Waals surface area contributed by atoms with Gasteiger partial charge in [0.25, 0.3) is 5.91 Å². The van der Waals surface area contributed by atoms with Crippen LogP contribution in [0.3, 0.4) is 0 Å². The summed E-state index contributed by atoms with van der Waals surface area (Å²) in [5.41, 5.74) is 7.14. The molecule has 1 aromatic heterocycles. The molecule has 138 valence electrons. The number of carbonyl (C=O) groups is 3. The SMILES string of the molecule is COC(=O)c1sc(NC(=O)CCSc2ccc(C)cc2)c(C(N)=O)c1C. The standard InChI is InChI=1S/C18H20N2O4S2/c1-10-4-6-12(7-5-10)25-9-8-13(21)20-17-14(16(19)22)11(2)15(26-17)18(23)24-3/h4-7H,8-9H2,1-3H3,(H2,19,22)(H,20,21). The largest absolute Gasteiger partial charge is 0.465 e. The minimum atomic E-state index is -0.696. The van der Waals surface area contributed by atoms with Crippen LogP contribution in [-0.2, 0) is 9.53 Å². The normalized spacial score (nSPS) is 10.4. The molecule has 0 aliphatic heterocycles. The summed E-state index contributed by atoms with van der Waals surface area (Å²) in [7, 11) is 1.26. The van der Waals surface area contributed by atoms with E-state index in [-0.39, 0.29) is 27.8 Å². The number of amides is 2. The van der Waals surface area contributed by atoms with E-state index in [1.165, 1.54) is 12.7 Å². The van der Waals surface area contributed by atoms with Crippen molar-refractivity contribution >= 4 is 45.9 Å². The number of ether oxygens (including phenoxy) is 1. The first-order chi connectivity index (χ1) is 12.3. The van der Waals surface area contributed by atoms with Crippen molar-refractivity contribution in [1.82, 2.24) is 0 Å². The van der Waals surface area contributed by atoms with Gasteiger partial charge in [0, 0.05) is 17.1 Å². The fourth-order valence-corrected chi connectivity index (χ4v) is 4.27. The van der Waals surface area contributed by atoms with Gasteiger partial charge in [0.15, 0.2) is 0 Å². The number of nitrogens with two attached hydrogens (primary N) is 1. The Bertz CT molecular complexity index is 828. The molecule has 2 amide bonds. The number of hydrogen-bond acceptors (Lipinski definition) is 6. The maximum absolute atomic E-state index is 12.2. The highest BCUT2D eigenvalue weighted by Crippen LogP contribution is 2.33. The third-order valence-electron chi connectivity index (χ3n) is 3.64. The molecule has 1 aromatic carbocycles. The monoisotopic (exact) mass is 392 g/mol. The molecule has 3 N–H and O–H groups in total. The Balaban J connectivity index is 2.02. The quantitative estimate of drug-likeness (QED) is 0.556. The second kappa shape index (κ2) is 8.86. The molecule has 2 rings (SSSR count). The first-order valence-corrected chi connectivity index (χ1v) is 9.64. The van der Waals surface area contributed by atoms with E-state index >= 15 is 0 Å². The number of rotatable bonds is 7. The molecule has 2 aromatic rings. The van der Waals surface area contributed by atoms with E-state index in [1.54, 1.807) is 18.7 Å². The highest BCUT2D eigenvalue weighted by Gasteiger charge is 2.24. The van der Waals surface area contributed by atoms with Crippen LogP contribution in [0.15, 0.2) is 29.2 Å². The Hall–Kier alpha value is -2.32. The summed E-state index contributed by atoms with van der Waals surface area (Å²) in [6, 6.07) is 8.05. The zero-order valence-corrected chi connectivity index (χ0v) is 16.4. The smallest absolute Gasteiger partial charge is 0.348 e. The molecule has 0 aliphatic rings. The number of thiophene rings is 1. The lowest BCUT2D eigenvalue weighted by Gasteiger charge is -2.05. The number of primary amides is 1. The van der Waals surface area contributed by atoms with Crippen LogP contribution in [0.25, 0.3) is 0 Å². The maximum Gasteiger partial charge on any atom is 0.348 e. The molecule has 8 heteroatoms. The summed E-state index contributed by atoms with van der Waals surface area (Å²) in [4.78, 5) is 37.0. The summed E-state index contributed by atoms with van der Waals surface area (Å²) in [5.74, 6) is -0.914. The van der Waals surface area contributed by atoms with Gasteiger partial charge in [-0.3, -0.25) is 9.59 Å². The Kier molecular flexibility index (Phi) is 6.82. The van der Waals surface area contributed by atoms with Gasteiger partial charge >= 0.3 is 5.97 Å². The number of esters is 1. The zero-order chi connectivity index (χ0) is 19.3. The Labute approximate surface area is 160 Å².